The van der Waals surface area contributed by atoms with E-state index in [4.69, 9.17) is 4.42 Å². The lowest BCUT2D eigenvalue weighted by Crippen LogP contribution is -2.57. The zero-order valence-electron chi connectivity index (χ0n) is 18.7. The summed E-state index contributed by atoms with van der Waals surface area (Å²) in [6, 6.07) is 7.39. The molecular weight excluding hydrogens is 518 g/mol. The van der Waals surface area contributed by atoms with Crippen LogP contribution in [0.25, 0.3) is 22.2 Å². The van der Waals surface area contributed by atoms with Crippen LogP contribution < -0.4 is 5.32 Å². The van der Waals surface area contributed by atoms with Gasteiger partial charge in [0.05, 0.1) is 17.9 Å². The van der Waals surface area contributed by atoms with Gasteiger partial charge in [-0.3, -0.25) is 9.78 Å². The lowest BCUT2D eigenvalue weighted by Gasteiger charge is -2.37. The molecule has 4 heterocycles. The Kier molecular flexibility index (Phi) is 6.15. The third-order valence-corrected chi connectivity index (χ3v) is 7.57. The van der Waals surface area contributed by atoms with Crippen molar-refractivity contribution in [1.29, 1.82) is 0 Å². The topological polar surface area (TPSA) is 118 Å². The van der Waals surface area contributed by atoms with Gasteiger partial charge in [-0.15, -0.1) is 0 Å². The number of hydrogen-bond acceptors (Lipinski definition) is 7. The van der Waals surface area contributed by atoms with Crippen LogP contribution in [0.5, 0.6) is 0 Å². The molecule has 9 nitrogen and oxygen atoms in total. The summed E-state index contributed by atoms with van der Waals surface area (Å²) in [5, 5.41) is 2.50. The number of fused-ring (bicyclic) bond motifs is 1. The maximum absolute atomic E-state index is 13.4. The van der Waals surface area contributed by atoms with Gasteiger partial charge in [0.15, 0.2) is 0 Å². The van der Waals surface area contributed by atoms with Crippen molar-refractivity contribution in [2.24, 2.45) is 0 Å². The van der Waals surface area contributed by atoms with E-state index in [1.807, 2.05) is 0 Å². The summed E-state index contributed by atoms with van der Waals surface area (Å²) in [7, 11) is -4.14. The second-order valence-electron chi connectivity index (χ2n) is 8.21. The van der Waals surface area contributed by atoms with Crippen LogP contribution in [0, 0.1) is 5.82 Å². The van der Waals surface area contributed by atoms with Crippen LogP contribution >= 0.6 is 0 Å². The van der Waals surface area contributed by atoms with Gasteiger partial charge in [-0.2, -0.15) is 17.5 Å². The second kappa shape index (κ2) is 9.19. The smallest absolute Gasteiger partial charge is 0.433 e. The molecule has 0 unspecified atom stereocenters. The number of pyridine rings is 1. The first-order chi connectivity index (χ1) is 17.5. The van der Waals surface area contributed by atoms with Gasteiger partial charge in [-0.05, 0) is 42.8 Å². The lowest BCUT2D eigenvalue weighted by molar-refractivity contribution is -0.141. The predicted molar refractivity (Wildman–Crippen MR) is 121 cm³/mol. The third-order valence-electron chi connectivity index (χ3n) is 5.81. The Bertz CT molecular complexity index is 1590. The summed E-state index contributed by atoms with van der Waals surface area (Å²) >= 11 is 0. The number of sulfonamides is 1. The molecule has 1 atom stereocenters. The largest absolute Gasteiger partial charge is 0.443 e. The molecule has 1 amide bonds. The van der Waals surface area contributed by atoms with Gasteiger partial charge >= 0.3 is 6.18 Å². The Labute approximate surface area is 207 Å². The third kappa shape index (κ3) is 4.89. The van der Waals surface area contributed by atoms with Gasteiger partial charge in [-0.25, -0.2) is 22.8 Å². The maximum Gasteiger partial charge on any atom is 0.433 e. The summed E-state index contributed by atoms with van der Waals surface area (Å²) in [5.74, 6) is -1.10. The molecule has 0 radical (unpaired) electrons. The van der Waals surface area contributed by atoms with E-state index in [1.165, 1.54) is 30.6 Å². The Hall–Kier alpha value is -3.91. The van der Waals surface area contributed by atoms with Gasteiger partial charge in [0.1, 0.15) is 29.5 Å². The summed E-state index contributed by atoms with van der Waals surface area (Å²) in [6.45, 7) is 0.0289. The van der Waals surface area contributed by atoms with Crippen LogP contribution in [0.15, 0.2) is 64.5 Å². The first kappa shape index (κ1) is 24.8. The number of carbonyl (C=O) groups excluding carboxylic acids is 1. The van der Waals surface area contributed by atoms with E-state index < -0.39 is 44.8 Å². The van der Waals surface area contributed by atoms with E-state index in [-0.39, 0.29) is 30.5 Å². The lowest BCUT2D eigenvalue weighted by atomic mass is 10.1. The van der Waals surface area contributed by atoms with Gasteiger partial charge < -0.3 is 9.73 Å². The number of aromatic nitrogens is 3. The highest BCUT2D eigenvalue weighted by atomic mass is 32.2. The van der Waals surface area contributed by atoms with Gasteiger partial charge in [0, 0.05) is 29.8 Å². The van der Waals surface area contributed by atoms with E-state index >= 15 is 0 Å². The van der Waals surface area contributed by atoms with E-state index in [0.717, 1.165) is 28.7 Å². The van der Waals surface area contributed by atoms with E-state index in [2.05, 4.69) is 20.3 Å². The highest BCUT2D eigenvalue weighted by Crippen LogP contribution is 2.31. The number of nitrogens with zero attached hydrogens (tertiary/aromatic N) is 4. The molecule has 0 aliphatic carbocycles. The molecule has 37 heavy (non-hydrogen) atoms. The van der Waals surface area contributed by atoms with E-state index in [9.17, 15) is 30.8 Å². The number of furan rings is 1. The van der Waals surface area contributed by atoms with Crippen molar-refractivity contribution < 1.29 is 35.2 Å². The molecule has 5 rings (SSSR count). The fourth-order valence-electron chi connectivity index (χ4n) is 3.81. The number of alkyl halides is 3. The van der Waals surface area contributed by atoms with Crippen molar-refractivity contribution in [2.75, 3.05) is 6.54 Å². The molecule has 1 fully saturated rings. The number of carbonyl (C=O) groups is 1. The van der Waals surface area contributed by atoms with Crippen molar-refractivity contribution in [2.45, 2.75) is 30.3 Å². The quantitative estimate of drug-likeness (QED) is 0.376. The van der Waals surface area contributed by atoms with Crippen molar-refractivity contribution in [1.82, 2.24) is 24.6 Å². The second-order valence-corrected chi connectivity index (χ2v) is 10.0. The number of halogens is 4. The van der Waals surface area contributed by atoms with Crippen LogP contribution in [-0.4, -0.2) is 46.2 Å². The number of hydrogen-bond donors (Lipinski definition) is 1. The van der Waals surface area contributed by atoms with E-state index in [0.29, 0.717) is 17.0 Å². The van der Waals surface area contributed by atoms with Gasteiger partial charge in [0.2, 0.25) is 11.0 Å². The molecule has 0 saturated carbocycles. The Morgan fingerprint density at radius 2 is 1.92 bits per heavy atom. The van der Waals surface area contributed by atoms with Crippen LogP contribution in [0.2, 0.25) is 0 Å². The van der Waals surface area contributed by atoms with Crippen LogP contribution in [0.4, 0.5) is 17.6 Å². The fourth-order valence-corrected chi connectivity index (χ4v) is 5.39. The standard InChI is InChI=1S/C23H17F4N5O4S/c24-15-2-3-19-14(7-15)8-21(36-19)37(34,35)32-6-5-18(32)22(33)29-11-16-9-17(31-12-30-16)13-1-4-20(28-10-13)23(25,26)27/h1-4,7-10,12,18H,5-6,11H2,(H,29,33)/t18-/m0/s1. The minimum absolute atomic E-state index is 0.0727. The van der Waals surface area contributed by atoms with Crippen molar-refractivity contribution in [3.8, 4) is 11.3 Å². The molecule has 1 aliphatic heterocycles. The normalized spacial score (nSPS) is 16.5. The van der Waals surface area contributed by atoms with Crippen LogP contribution in [0.3, 0.4) is 0 Å². The molecule has 14 heteroatoms. The molecule has 0 spiro atoms. The van der Waals surface area contributed by atoms with Crippen molar-refractivity contribution in [3.05, 3.63) is 72.2 Å². The molecule has 1 N–H and O–H groups in total. The van der Waals surface area contributed by atoms with Crippen LogP contribution in [0.1, 0.15) is 17.8 Å². The fraction of sp³-hybridized carbons (Fsp3) is 0.217. The molecule has 4 aromatic rings. The van der Waals surface area contributed by atoms with Gasteiger partial charge in [-0.1, -0.05) is 0 Å². The van der Waals surface area contributed by atoms with Crippen molar-refractivity contribution >= 4 is 26.9 Å². The molecular formula is C23H17F4N5O4S. The highest BCUT2D eigenvalue weighted by molar-refractivity contribution is 7.89. The number of nitrogens with one attached hydrogen (secondary N) is 1. The summed E-state index contributed by atoms with van der Waals surface area (Å²) in [4.78, 5) is 24.2. The number of rotatable bonds is 6. The van der Waals surface area contributed by atoms with Crippen LogP contribution in [-0.2, 0) is 27.5 Å². The highest BCUT2D eigenvalue weighted by Gasteiger charge is 2.44. The molecule has 3 aromatic heterocycles. The summed E-state index contributed by atoms with van der Waals surface area (Å²) in [5.41, 5.74) is 0.141. The molecule has 1 aromatic carbocycles. The summed E-state index contributed by atoms with van der Waals surface area (Å²) < 4.78 is 84.0. The minimum atomic E-state index is -4.56. The molecule has 192 valence electrons. The van der Waals surface area contributed by atoms with Crippen molar-refractivity contribution in [3.63, 3.8) is 0 Å². The Morgan fingerprint density at radius 1 is 1.11 bits per heavy atom. The monoisotopic (exact) mass is 535 g/mol. The SMILES string of the molecule is O=C(NCc1cc(-c2ccc(C(F)(F)F)nc2)ncn1)[C@@H]1CCN1S(=O)(=O)c1cc2cc(F)ccc2o1. The Morgan fingerprint density at radius 3 is 2.59 bits per heavy atom. The first-order valence-corrected chi connectivity index (χ1v) is 12.3. The number of amides is 1. The maximum atomic E-state index is 13.4. The van der Waals surface area contributed by atoms with E-state index in [1.54, 1.807) is 0 Å². The average Bonchev–Trinajstić information content (AvgIpc) is 3.26. The van der Waals surface area contributed by atoms with Gasteiger partial charge in [0.25, 0.3) is 10.0 Å². The Balaban J connectivity index is 1.25. The minimum Gasteiger partial charge on any atom is -0.443 e. The average molecular weight is 535 g/mol. The first-order valence-electron chi connectivity index (χ1n) is 10.9. The zero-order valence-corrected chi connectivity index (χ0v) is 19.6. The summed E-state index contributed by atoms with van der Waals surface area (Å²) in [6.07, 6.45) is -2.05. The molecule has 0 bridgehead atoms. The molecule has 1 saturated heterocycles. The predicted octanol–water partition coefficient (Wildman–Crippen LogP) is 3.52. The number of benzene rings is 1. The molecule has 1 aliphatic rings. The zero-order chi connectivity index (χ0) is 26.4.